The van der Waals surface area contributed by atoms with Gasteiger partial charge in [-0.15, -0.1) is 0 Å². The maximum Gasteiger partial charge on any atom is 0.306 e. The molecule has 2 aliphatic carbocycles. The summed E-state index contributed by atoms with van der Waals surface area (Å²) in [4.78, 5) is 32.3. The fourth-order valence-electron chi connectivity index (χ4n) is 7.27. The van der Waals surface area contributed by atoms with Crippen LogP contribution in [0.2, 0.25) is 0 Å². The summed E-state index contributed by atoms with van der Waals surface area (Å²) in [6, 6.07) is 12.5. The van der Waals surface area contributed by atoms with Crippen LogP contribution in [0.1, 0.15) is 73.7 Å². The van der Waals surface area contributed by atoms with Crippen molar-refractivity contribution in [1.82, 2.24) is 19.0 Å². The highest BCUT2D eigenvalue weighted by atomic mass is 16.5. The Bertz CT molecular complexity index is 1690. The molecular formula is C34H40N4O4. The summed E-state index contributed by atoms with van der Waals surface area (Å²) >= 11 is 0. The van der Waals surface area contributed by atoms with Crippen molar-refractivity contribution in [2.24, 2.45) is 24.8 Å². The molecule has 0 bridgehead atoms. The third kappa shape index (κ3) is 4.56. The van der Waals surface area contributed by atoms with Crippen LogP contribution in [0, 0.1) is 17.8 Å². The molecule has 220 valence electrons. The number of aryl methyl sites for hydroxylation is 1. The van der Waals surface area contributed by atoms with Gasteiger partial charge in [-0.2, -0.15) is 0 Å². The van der Waals surface area contributed by atoms with Gasteiger partial charge in [-0.25, -0.2) is 4.98 Å². The Balaban J connectivity index is 1.32. The minimum atomic E-state index is -0.690. The van der Waals surface area contributed by atoms with Crippen molar-refractivity contribution in [2.45, 2.75) is 64.3 Å². The Hall–Kier alpha value is -3.81. The second kappa shape index (κ2) is 10.5. The van der Waals surface area contributed by atoms with Crippen LogP contribution in [-0.2, 0) is 18.4 Å². The molecule has 1 atom stereocenters. The van der Waals surface area contributed by atoms with Crippen molar-refractivity contribution in [3.05, 3.63) is 47.5 Å². The predicted molar refractivity (Wildman–Crippen MR) is 163 cm³/mol. The summed E-state index contributed by atoms with van der Waals surface area (Å²) in [5.41, 5.74) is 5.76. The number of aromatic nitrogens is 3. The third-order valence-electron chi connectivity index (χ3n) is 10.0. The van der Waals surface area contributed by atoms with E-state index < -0.39 is 5.97 Å². The number of imidazole rings is 1. The fraction of sp³-hybridized carbons (Fsp3) is 0.500. The summed E-state index contributed by atoms with van der Waals surface area (Å²) in [5.74, 6) is 2.06. The highest BCUT2D eigenvalue weighted by Crippen LogP contribution is 2.46. The number of hydrogen-bond donors (Lipinski definition) is 1. The van der Waals surface area contributed by atoms with Crippen LogP contribution in [0.5, 0.6) is 5.75 Å². The van der Waals surface area contributed by atoms with Gasteiger partial charge in [0.1, 0.15) is 11.3 Å². The van der Waals surface area contributed by atoms with E-state index in [0.717, 1.165) is 60.4 Å². The number of amides is 1. The SMILES string of the molecule is CC[C@@H]1CCCN(C(=O)c2cc(OC)c3c(c2)nc(-c2cc4cccc(C5CC(C(=O)O)C5)c4n2CC2CC2)n3C)C1. The topological polar surface area (TPSA) is 89.6 Å². The average Bonchev–Trinajstić information content (AvgIpc) is 3.63. The first-order valence-electron chi connectivity index (χ1n) is 15.5. The van der Waals surface area contributed by atoms with E-state index in [1.807, 2.05) is 24.1 Å². The van der Waals surface area contributed by atoms with Crippen LogP contribution in [-0.4, -0.2) is 56.2 Å². The summed E-state index contributed by atoms with van der Waals surface area (Å²) in [5, 5.41) is 10.6. The highest BCUT2D eigenvalue weighted by Gasteiger charge is 2.37. The molecule has 3 fully saturated rings. The van der Waals surface area contributed by atoms with Crippen LogP contribution < -0.4 is 4.74 Å². The molecule has 1 amide bonds. The quantitative estimate of drug-likeness (QED) is 0.264. The number of carboxylic acids is 1. The van der Waals surface area contributed by atoms with Gasteiger partial charge in [-0.05, 0) is 80.0 Å². The smallest absolute Gasteiger partial charge is 0.306 e. The molecule has 4 aromatic rings. The molecule has 2 aromatic heterocycles. The number of hydrogen-bond acceptors (Lipinski definition) is 4. The number of piperidine rings is 1. The average molecular weight is 569 g/mol. The lowest BCUT2D eigenvalue weighted by atomic mass is 9.71. The first-order chi connectivity index (χ1) is 20.4. The number of benzene rings is 2. The zero-order valence-electron chi connectivity index (χ0n) is 24.8. The molecule has 3 heterocycles. The number of nitrogens with zero attached hydrogens (tertiary/aromatic N) is 4. The van der Waals surface area contributed by atoms with Crippen LogP contribution in [0.3, 0.4) is 0 Å². The number of ether oxygens (including phenoxy) is 1. The second-order valence-corrected chi connectivity index (χ2v) is 12.8. The molecular weight excluding hydrogens is 528 g/mol. The zero-order valence-corrected chi connectivity index (χ0v) is 24.8. The molecule has 2 aromatic carbocycles. The standard InChI is InChI=1S/C34H40N4O4/c1-4-20-7-6-12-37(18-20)33(39)24-15-27-31(29(17-24)42-3)36(2)32(35-27)28-16-22-8-5-9-26(23-13-25(14-23)34(40)41)30(22)38(28)19-21-10-11-21/h5,8-9,15-17,20-21,23,25H,4,6-7,10-14,18-19H2,1-3H3,(H,40,41)/t20-,23?,25?/m1/s1. The molecule has 8 nitrogen and oxygen atoms in total. The number of para-hydroxylation sites is 1. The van der Waals surface area contributed by atoms with E-state index in [0.29, 0.717) is 36.0 Å². The van der Waals surface area contributed by atoms with Gasteiger partial charge in [0.2, 0.25) is 0 Å². The first kappa shape index (κ1) is 27.0. The third-order valence-corrected chi connectivity index (χ3v) is 10.0. The normalized spacial score (nSPS) is 22.5. The summed E-state index contributed by atoms with van der Waals surface area (Å²) in [7, 11) is 3.68. The summed E-state index contributed by atoms with van der Waals surface area (Å²) in [6.45, 7) is 4.72. The van der Waals surface area contributed by atoms with Crippen molar-refractivity contribution in [2.75, 3.05) is 20.2 Å². The van der Waals surface area contributed by atoms with E-state index in [4.69, 9.17) is 9.72 Å². The molecule has 1 saturated heterocycles. The highest BCUT2D eigenvalue weighted by molar-refractivity contribution is 6.00. The van der Waals surface area contributed by atoms with E-state index >= 15 is 0 Å². The molecule has 1 N–H and O–H groups in total. The number of carbonyl (C=O) groups excluding carboxylic acids is 1. The largest absolute Gasteiger partial charge is 0.494 e. The number of aliphatic carboxylic acids is 1. The van der Waals surface area contributed by atoms with E-state index in [9.17, 15) is 14.7 Å². The lowest BCUT2D eigenvalue weighted by molar-refractivity contribution is -0.145. The number of fused-ring (bicyclic) bond motifs is 2. The molecule has 0 unspecified atom stereocenters. The minimum absolute atomic E-state index is 0.0493. The number of carboxylic acid groups (broad SMARTS) is 1. The van der Waals surface area contributed by atoms with Gasteiger partial charge in [0.15, 0.2) is 5.82 Å². The van der Waals surface area contributed by atoms with Crippen molar-refractivity contribution in [1.29, 1.82) is 0 Å². The summed E-state index contributed by atoms with van der Waals surface area (Å²) in [6.07, 6.45) is 7.15. The maximum atomic E-state index is 13.6. The number of carbonyl (C=O) groups is 2. The second-order valence-electron chi connectivity index (χ2n) is 12.8. The van der Waals surface area contributed by atoms with Gasteiger partial charge < -0.3 is 23.9 Å². The molecule has 0 spiro atoms. The first-order valence-corrected chi connectivity index (χ1v) is 15.5. The molecule has 8 heteroatoms. The van der Waals surface area contributed by atoms with Gasteiger partial charge in [-0.3, -0.25) is 9.59 Å². The van der Waals surface area contributed by atoms with Crippen LogP contribution >= 0.6 is 0 Å². The Morgan fingerprint density at radius 2 is 1.88 bits per heavy atom. The monoisotopic (exact) mass is 568 g/mol. The number of rotatable bonds is 8. The Morgan fingerprint density at radius 3 is 2.60 bits per heavy atom. The lowest BCUT2D eigenvalue weighted by Gasteiger charge is -2.33. The molecule has 2 saturated carbocycles. The number of likely N-dealkylation sites (tertiary alicyclic amines) is 1. The molecule has 1 aliphatic heterocycles. The Labute approximate surface area is 246 Å². The van der Waals surface area contributed by atoms with E-state index in [2.05, 4.69) is 40.3 Å². The molecule has 3 aliphatic rings. The predicted octanol–water partition coefficient (Wildman–Crippen LogP) is 6.45. The van der Waals surface area contributed by atoms with Crippen molar-refractivity contribution < 1.29 is 19.4 Å². The van der Waals surface area contributed by atoms with E-state index in [-0.39, 0.29) is 17.7 Å². The maximum absolute atomic E-state index is 13.6. The Kier molecular flexibility index (Phi) is 6.75. The van der Waals surface area contributed by atoms with Crippen molar-refractivity contribution in [3.8, 4) is 17.3 Å². The van der Waals surface area contributed by atoms with Crippen LogP contribution in [0.25, 0.3) is 33.5 Å². The fourth-order valence-corrected chi connectivity index (χ4v) is 7.27. The van der Waals surface area contributed by atoms with Gasteiger partial charge >= 0.3 is 5.97 Å². The van der Waals surface area contributed by atoms with Crippen molar-refractivity contribution >= 4 is 33.8 Å². The van der Waals surface area contributed by atoms with Crippen molar-refractivity contribution in [3.63, 3.8) is 0 Å². The lowest BCUT2D eigenvalue weighted by Crippen LogP contribution is -2.39. The summed E-state index contributed by atoms with van der Waals surface area (Å²) < 4.78 is 10.4. The van der Waals surface area contributed by atoms with E-state index in [1.165, 1.54) is 30.3 Å². The van der Waals surface area contributed by atoms with Gasteiger partial charge in [-0.1, -0.05) is 31.5 Å². The molecule has 42 heavy (non-hydrogen) atoms. The van der Waals surface area contributed by atoms with Crippen LogP contribution in [0.15, 0.2) is 36.4 Å². The van der Waals surface area contributed by atoms with Gasteiger partial charge in [0, 0.05) is 37.6 Å². The Morgan fingerprint density at radius 1 is 1.07 bits per heavy atom. The van der Waals surface area contributed by atoms with E-state index in [1.54, 1.807) is 7.11 Å². The molecule has 7 rings (SSSR count). The molecule has 0 radical (unpaired) electrons. The van der Waals surface area contributed by atoms with Gasteiger partial charge in [0.05, 0.1) is 29.8 Å². The number of methoxy groups -OCH3 is 1. The minimum Gasteiger partial charge on any atom is -0.494 e. The van der Waals surface area contributed by atoms with Gasteiger partial charge in [0.25, 0.3) is 5.91 Å². The zero-order chi connectivity index (χ0) is 29.1. The van der Waals surface area contributed by atoms with Crippen LogP contribution in [0.4, 0.5) is 0 Å².